The molecule has 0 aromatic carbocycles. The fourth-order valence-corrected chi connectivity index (χ4v) is 4.44. The van der Waals surface area contributed by atoms with Gasteiger partial charge in [-0.3, -0.25) is 9.78 Å². The lowest BCUT2D eigenvalue weighted by atomic mass is 10.0. The largest absolute Gasteiger partial charge is 0.370 e. The van der Waals surface area contributed by atoms with Crippen LogP contribution in [0.15, 0.2) is 24.5 Å². The number of rotatable bonds is 4. The molecule has 0 saturated carbocycles. The summed E-state index contributed by atoms with van der Waals surface area (Å²) in [5.41, 5.74) is 1.99. The average Bonchev–Trinajstić information content (AvgIpc) is 2.76. The first kappa shape index (κ1) is 20.5. The van der Waals surface area contributed by atoms with Gasteiger partial charge in [-0.05, 0) is 31.9 Å². The third-order valence-corrected chi connectivity index (χ3v) is 5.97. The van der Waals surface area contributed by atoms with Crippen LogP contribution in [0.4, 0.5) is 5.69 Å². The molecule has 0 radical (unpaired) electrons. The van der Waals surface area contributed by atoms with Crippen LogP contribution in [0.3, 0.4) is 0 Å². The second-order valence-electron chi connectivity index (χ2n) is 8.17. The fraction of sp³-hybridized carbons (Fsp3) is 0.545. The predicted octanol–water partition coefficient (Wildman–Crippen LogP) is 1.70. The van der Waals surface area contributed by atoms with E-state index in [1.54, 1.807) is 19.3 Å². The number of morpholine rings is 1. The van der Waals surface area contributed by atoms with Gasteiger partial charge in [0.1, 0.15) is 11.6 Å². The first-order chi connectivity index (χ1) is 14.5. The zero-order chi connectivity index (χ0) is 21.1. The number of pyridine rings is 2. The number of hydrogen-bond donors (Lipinski definition) is 1. The van der Waals surface area contributed by atoms with Gasteiger partial charge in [0.05, 0.1) is 24.1 Å². The van der Waals surface area contributed by atoms with Gasteiger partial charge in [0, 0.05) is 57.3 Å². The molecule has 30 heavy (non-hydrogen) atoms. The quantitative estimate of drug-likeness (QED) is 0.823. The molecule has 4 heterocycles. The molecular weight excluding hydrogens is 380 g/mol. The number of likely N-dealkylation sites (tertiary alicyclic amines) is 1. The first-order valence-electron chi connectivity index (χ1n) is 10.6. The van der Waals surface area contributed by atoms with E-state index in [1.807, 2.05) is 17.0 Å². The Labute approximate surface area is 176 Å². The van der Waals surface area contributed by atoms with Crippen molar-refractivity contribution in [2.75, 3.05) is 37.6 Å². The molecule has 2 unspecified atom stereocenters. The van der Waals surface area contributed by atoms with Gasteiger partial charge in [0.2, 0.25) is 5.91 Å². The molecule has 4 rings (SSSR count). The highest BCUT2D eigenvalue weighted by atomic mass is 16.5. The fourth-order valence-electron chi connectivity index (χ4n) is 4.44. The van der Waals surface area contributed by atoms with E-state index in [2.05, 4.69) is 33.2 Å². The second-order valence-corrected chi connectivity index (χ2v) is 8.17. The molecule has 158 valence electrons. The SMILES string of the molecule is CC(=O)N1CCC(NCC2CN(c3cnc(C#N)c4ncccc34)CC(C)O2)CC1. The highest BCUT2D eigenvalue weighted by molar-refractivity contribution is 5.93. The van der Waals surface area contributed by atoms with Gasteiger partial charge in [0.25, 0.3) is 0 Å². The van der Waals surface area contributed by atoms with Crippen LogP contribution in [0, 0.1) is 11.3 Å². The van der Waals surface area contributed by atoms with E-state index in [-0.39, 0.29) is 18.1 Å². The van der Waals surface area contributed by atoms with Crippen LogP contribution in [-0.4, -0.2) is 71.7 Å². The number of piperidine rings is 1. The topological polar surface area (TPSA) is 94.4 Å². The van der Waals surface area contributed by atoms with Crippen LogP contribution in [0.1, 0.15) is 32.4 Å². The number of carbonyl (C=O) groups is 1. The van der Waals surface area contributed by atoms with Gasteiger partial charge in [-0.2, -0.15) is 5.26 Å². The zero-order valence-corrected chi connectivity index (χ0v) is 17.5. The molecule has 2 aromatic heterocycles. The number of carbonyl (C=O) groups excluding carboxylic acids is 1. The summed E-state index contributed by atoms with van der Waals surface area (Å²) < 4.78 is 6.19. The average molecular weight is 409 g/mol. The van der Waals surface area contributed by atoms with Gasteiger partial charge in [-0.15, -0.1) is 0 Å². The Kier molecular flexibility index (Phi) is 6.11. The van der Waals surface area contributed by atoms with Crippen molar-refractivity contribution in [3.05, 3.63) is 30.2 Å². The smallest absolute Gasteiger partial charge is 0.219 e. The molecule has 1 amide bonds. The summed E-state index contributed by atoms with van der Waals surface area (Å²) in [6.45, 7) is 7.64. The van der Waals surface area contributed by atoms with E-state index in [0.29, 0.717) is 17.3 Å². The van der Waals surface area contributed by atoms with Gasteiger partial charge in [-0.25, -0.2) is 4.98 Å². The van der Waals surface area contributed by atoms with Crippen LogP contribution in [0.5, 0.6) is 0 Å². The Morgan fingerprint density at radius 3 is 2.87 bits per heavy atom. The van der Waals surface area contributed by atoms with E-state index < -0.39 is 0 Å². The molecule has 2 aliphatic rings. The van der Waals surface area contributed by atoms with Crippen molar-refractivity contribution in [1.29, 1.82) is 5.26 Å². The van der Waals surface area contributed by atoms with Crippen molar-refractivity contribution in [1.82, 2.24) is 20.2 Å². The van der Waals surface area contributed by atoms with Crippen LogP contribution in [-0.2, 0) is 9.53 Å². The molecule has 8 nitrogen and oxygen atoms in total. The van der Waals surface area contributed by atoms with E-state index >= 15 is 0 Å². The minimum absolute atomic E-state index is 0.0574. The lowest BCUT2D eigenvalue weighted by Crippen LogP contribution is -2.52. The molecule has 2 fully saturated rings. The Morgan fingerprint density at radius 1 is 1.33 bits per heavy atom. The molecule has 0 aliphatic carbocycles. The van der Waals surface area contributed by atoms with Crippen molar-refractivity contribution in [2.45, 2.75) is 44.9 Å². The van der Waals surface area contributed by atoms with Crippen molar-refractivity contribution >= 4 is 22.5 Å². The number of nitriles is 1. The van der Waals surface area contributed by atoms with Crippen molar-refractivity contribution in [2.24, 2.45) is 0 Å². The number of hydrogen-bond acceptors (Lipinski definition) is 7. The van der Waals surface area contributed by atoms with Gasteiger partial charge >= 0.3 is 0 Å². The number of nitrogens with one attached hydrogen (secondary N) is 1. The lowest BCUT2D eigenvalue weighted by molar-refractivity contribution is -0.129. The summed E-state index contributed by atoms with van der Waals surface area (Å²) in [5.74, 6) is 0.159. The summed E-state index contributed by atoms with van der Waals surface area (Å²) in [6.07, 6.45) is 5.57. The first-order valence-corrected chi connectivity index (χ1v) is 10.6. The number of ether oxygens (including phenoxy) is 1. The molecule has 1 N–H and O–H groups in total. The monoisotopic (exact) mass is 408 g/mol. The number of anilines is 1. The molecular formula is C22H28N6O2. The minimum Gasteiger partial charge on any atom is -0.370 e. The standard InChI is InChI=1S/C22H28N6O2/c1-15-13-28(21-12-26-20(10-23)22-19(21)4-3-7-24-22)14-18(30-15)11-25-17-5-8-27(9-6-17)16(2)29/h3-4,7,12,15,17-18,25H,5-6,8-9,11,13-14H2,1-2H3. The molecule has 0 spiro atoms. The van der Waals surface area contributed by atoms with Crippen LogP contribution < -0.4 is 10.2 Å². The molecule has 0 bridgehead atoms. The van der Waals surface area contributed by atoms with Crippen molar-refractivity contribution in [3.8, 4) is 6.07 Å². The minimum atomic E-state index is 0.0574. The third-order valence-electron chi connectivity index (χ3n) is 5.97. The van der Waals surface area contributed by atoms with Gasteiger partial charge in [0.15, 0.2) is 5.69 Å². The van der Waals surface area contributed by atoms with E-state index in [1.165, 1.54) is 0 Å². The highest BCUT2D eigenvalue weighted by Gasteiger charge is 2.28. The summed E-state index contributed by atoms with van der Waals surface area (Å²) in [5, 5.41) is 13.9. The normalized spacial score (nSPS) is 22.8. The Morgan fingerprint density at radius 2 is 2.13 bits per heavy atom. The second kappa shape index (κ2) is 8.94. The summed E-state index contributed by atoms with van der Waals surface area (Å²) in [4.78, 5) is 24.4. The molecule has 2 aliphatic heterocycles. The van der Waals surface area contributed by atoms with E-state index in [0.717, 1.165) is 56.6 Å². The number of amides is 1. The van der Waals surface area contributed by atoms with Gasteiger partial charge in [-0.1, -0.05) is 0 Å². The van der Waals surface area contributed by atoms with E-state index in [4.69, 9.17) is 4.74 Å². The predicted molar refractivity (Wildman–Crippen MR) is 114 cm³/mol. The summed E-state index contributed by atoms with van der Waals surface area (Å²) in [7, 11) is 0. The highest BCUT2D eigenvalue weighted by Crippen LogP contribution is 2.28. The maximum atomic E-state index is 11.5. The Balaban J connectivity index is 1.43. The molecule has 8 heteroatoms. The van der Waals surface area contributed by atoms with Crippen molar-refractivity contribution < 1.29 is 9.53 Å². The van der Waals surface area contributed by atoms with E-state index in [9.17, 15) is 10.1 Å². The molecule has 2 aromatic rings. The number of nitrogens with zero attached hydrogens (tertiary/aromatic N) is 5. The maximum absolute atomic E-state index is 11.5. The number of aromatic nitrogens is 2. The van der Waals surface area contributed by atoms with Crippen LogP contribution in [0.25, 0.3) is 10.9 Å². The summed E-state index contributed by atoms with van der Waals surface area (Å²) in [6, 6.07) is 6.43. The Bertz CT molecular complexity index is 950. The maximum Gasteiger partial charge on any atom is 0.219 e. The number of fused-ring (bicyclic) bond motifs is 1. The molecule has 2 saturated heterocycles. The summed E-state index contributed by atoms with van der Waals surface area (Å²) >= 11 is 0. The molecule has 2 atom stereocenters. The lowest BCUT2D eigenvalue weighted by Gasteiger charge is -2.39. The van der Waals surface area contributed by atoms with Crippen LogP contribution in [0.2, 0.25) is 0 Å². The van der Waals surface area contributed by atoms with Crippen molar-refractivity contribution in [3.63, 3.8) is 0 Å². The van der Waals surface area contributed by atoms with Gasteiger partial charge < -0.3 is 19.9 Å². The Hall–Kier alpha value is -2.76. The third kappa shape index (κ3) is 4.37. The van der Waals surface area contributed by atoms with Crippen LogP contribution >= 0.6 is 0 Å². The zero-order valence-electron chi connectivity index (χ0n) is 17.5.